The van der Waals surface area contributed by atoms with Gasteiger partial charge in [-0.15, -0.1) is 0 Å². The molecular weight excluding hydrogens is 200 g/mol. The molecule has 0 fully saturated rings. The normalized spacial score (nSPS) is 14.6. The first-order chi connectivity index (χ1) is 6.08. The van der Waals surface area contributed by atoms with Gasteiger partial charge in [-0.05, 0) is 0 Å². The molecule has 2 heteroatoms. The van der Waals surface area contributed by atoms with Crippen molar-refractivity contribution < 1.29 is 0 Å². The van der Waals surface area contributed by atoms with Gasteiger partial charge in [0.1, 0.15) is 0 Å². The molecule has 0 saturated carbocycles. The van der Waals surface area contributed by atoms with Gasteiger partial charge in [0, 0.05) is 7.59 Å². The topological polar surface area (TPSA) is 0 Å². The molecule has 0 heterocycles. The highest BCUT2D eigenvalue weighted by Crippen LogP contribution is 2.47. The average Bonchev–Trinajstić information content (AvgIpc) is 1.79. The molecule has 0 saturated heterocycles. The second-order valence-electron chi connectivity index (χ2n) is 6.65. The van der Waals surface area contributed by atoms with Crippen LogP contribution in [0.2, 0.25) is 36.3 Å². The maximum Gasteiger partial charge on any atom is 0.0546 e. The van der Waals surface area contributed by atoms with Crippen LogP contribution in [0.5, 0.6) is 0 Å². The Morgan fingerprint density at radius 1 is 0.571 bits per heavy atom. The Labute approximate surface area is 93.3 Å². The van der Waals surface area contributed by atoms with Crippen molar-refractivity contribution >= 4 is 15.2 Å². The van der Waals surface area contributed by atoms with Gasteiger partial charge in [-0.25, -0.2) is 0 Å². The summed E-state index contributed by atoms with van der Waals surface area (Å²) in [4.78, 5) is 0. The van der Waals surface area contributed by atoms with Gasteiger partial charge in [-0.1, -0.05) is 77.8 Å². The maximum atomic E-state index is 2.60. The van der Waals surface area contributed by atoms with Gasteiger partial charge in [0.25, 0.3) is 0 Å². The van der Waals surface area contributed by atoms with Crippen molar-refractivity contribution in [2.24, 2.45) is 0 Å². The molecule has 0 radical (unpaired) electrons. The van der Waals surface area contributed by atoms with E-state index in [1.165, 1.54) is 0 Å². The van der Waals surface area contributed by atoms with Gasteiger partial charge in [-0.3, -0.25) is 0 Å². The standard InChI is InChI=1S/C12H30Si2/c1-10(2)14(11(3)4,12(5)6)13(7,8)9/h10-12H,1-9H3. The molecule has 0 aromatic rings. The lowest BCUT2D eigenvalue weighted by molar-refractivity contribution is 0.841. The summed E-state index contributed by atoms with van der Waals surface area (Å²) in [6.07, 6.45) is 0. The van der Waals surface area contributed by atoms with Crippen LogP contribution in [-0.2, 0) is 0 Å². The minimum absolute atomic E-state index is 0.939. The van der Waals surface area contributed by atoms with E-state index in [0.29, 0.717) is 0 Å². The van der Waals surface area contributed by atoms with Crippen molar-refractivity contribution in [1.82, 2.24) is 0 Å². The van der Waals surface area contributed by atoms with Gasteiger partial charge in [-0.2, -0.15) is 0 Å². The summed E-state index contributed by atoms with van der Waals surface area (Å²) < 4.78 is 0. The lowest BCUT2D eigenvalue weighted by Crippen LogP contribution is -2.63. The second kappa shape index (κ2) is 4.52. The Bertz CT molecular complexity index is 153. The van der Waals surface area contributed by atoms with Crippen LogP contribution in [0.4, 0.5) is 0 Å². The molecule has 0 aromatic carbocycles. The molecule has 0 N–H and O–H groups in total. The summed E-state index contributed by atoms with van der Waals surface area (Å²) in [6.45, 7) is 22.6. The van der Waals surface area contributed by atoms with E-state index in [2.05, 4.69) is 61.2 Å². The van der Waals surface area contributed by atoms with E-state index < -0.39 is 15.2 Å². The Morgan fingerprint density at radius 3 is 0.786 bits per heavy atom. The van der Waals surface area contributed by atoms with Gasteiger partial charge >= 0.3 is 0 Å². The molecule has 0 atom stereocenters. The molecular formula is C12H30Si2. The van der Waals surface area contributed by atoms with Crippen molar-refractivity contribution in [2.45, 2.75) is 77.8 Å². The van der Waals surface area contributed by atoms with Crippen molar-refractivity contribution in [2.75, 3.05) is 0 Å². The third-order valence-electron chi connectivity index (χ3n) is 4.17. The Hall–Kier alpha value is 0.434. The summed E-state index contributed by atoms with van der Waals surface area (Å²) >= 11 is 0. The van der Waals surface area contributed by atoms with E-state index in [4.69, 9.17) is 0 Å². The second-order valence-corrected chi connectivity index (χ2v) is 23.6. The van der Waals surface area contributed by atoms with Gasteiger partial charge in [0.05, 0.1) is 7.59 Å². The summed E-state index contributed by atoms with van der Waals surface area (Å²) in [7, 11) is -2.08. The van der Waals surface area contributed by atoms with E-state index in [1.54, 1.807) is 0 Å². The van der Waals surface area contributed by atoms with Crippen molar-refractivity contribution in [3.63, 3.8) is 0 Å². The van der Waals surface area contributed by atoms with E-state index in [-0.39, 0.29) is 0 Å². The molecule has 0 aliphatic carbocycles. The molecule has 0 aromatic heterocycles. The highest BCUT2D eigenvalue weighted by atomic mass is 29.3. The van der Waals surface area contributed by atoms with E-state index in [1.807, 2.05) is 0 Å². The lowest BCUT2D eigenvalue weighted by Gasteiger charge is -2.52. The molecule has 0 unspecified atom stereocenters. The van der Waals surface area contributed by atoms with Crippen LogP contribution >= 0.6 is 0 Å². The summed E-state index contributed by atoms with van der Waals surface area (Å²) in [5.41, 5.74) is 2.82. The third-order valence-corrected chi connectivity index (χ3v) is 25.5. The first kappa shape index (κ1) is 14.4. The van der Waals surface area contributed by atoms with Gasteiger partial charge < -0.3 is 0 Å². The predicted octanol–water partition coefficient (Wildman–Crippen LogP) is 5.08. The van der Waals surface area contributed by atoms with Crippen LogP contribution in [-0.4, -0.2) is 15.2 Å². The third kappa shape index (κ3) is 2.16. The fraction of sp³-hybridized carbons (Fsp3) is 1.00. The molecule has 0 rings (SSSR count). The van der Waals surface area contributed by atoms with Crippen LogP contribution in [0, 0.1) is 0 Å². The molecule has 0 nitrogen and oxygen atoms in total. The minimum atomic E-state index is -1.09. The molecule has 0 aliphatic heterocycles. The zero-order valence-corrected chi connectivity index (χ0v) is 13.7. The largest absolute Gasteiger partial charge is 0.0714 e. The van der Waals surface area contributed by atoms with Crippen LogP contribution in [0.25, 0.3) is 0 Å². The molecule has 14 heavy (non-hydrogen) atoms. The van der Waals surface area contributed by atoms with Gasteiger partial charge in [0.15, 0.2) is 0 Å². The van der Waals surface area contributed by atoms with E-state index in [0.717, 1.165) is 16.6 Å². The van der Waals surface area contributed by atoms with Crippen LogP contribution < -0.4 is 0 Å². The molecule has 0 amide bonds. The predicted molar refractivity (Wildman–Crippen MR) is 74.4 cm³/mol. The lowest BCUT2D eigenvalue weighted by atomic mass is 10.5. The monoisotopic (exact) mass is 230 g/mol. The van der Waals surface area contributed by atoms with Crippen molar-refractivity contribution in [1.29, 1.82) is 0 Å². The van der Waals surface area contributed by atoms with E-state index in [9.17, 15) is 0 Å². The molecule has 0 spiro atoms. The summed E-state index contributed by atoms with van der Waals surface area (Å²) in [5, 5.41) is 0. The zero-order valence-electron chi connectivity index (χ0n) is 11.7. The maximum absolute atomic E-state index is 2.60. The Morgan fingerprint density at radius 2 is 0.786 bits per heavy atom. The average molecular weight is 231 g/mol. The highest BCUT2D eigenvalue weighted by Gasteiger charge is 2.51. The fourth-order valence-electron chi connectivity index (χ4n) is 4.60. The van der Waals surface area contributed by atoms with E-state index >= 15 is 0 Å². The molecule has 86 valence electrons. The van der Waals surface area contributed by atoms with Crippen LogP contribution in [0.3, 0.4) is 0 Å². The highest BCUT2D eigenvalue weighted by molar-refractivity contribution is 7.42. The SMILES string of the molecule is CC(C)[Si](C(C)C)(C(C)C)[Si](C)(C)C. The Kier molecular flexibility index (Phi) is 4.66. The summed E-state index contributed by atoms with van der Waals surface area (Å²) in [5.74, 6) is 0. The number of rotatable bonds is 4. The van der Waals surface area contributed by atoms with Crippen molar-refractivity contribution in [3.8, 4) is 0 Å². The molecule has 0 aliphatic rings. The number of hydrogen-bond acceptors (Lipinski definition) is 0. The zero-order chi connectivity index (χ0) is 11.7. The molecule has 0 bridgehead atoms. The Balaban J connectivity index is 5.40. The smallest absolute Gasteiger partial charge is 0.0546 e. The minimum Gasteiger partial charge on any atom is -0.0714 e. The fourth-order valence-corrected chi connectivity index (χ4v) is 29.4. The first-order valence-corrected chi connectivity index (χ1v) is 12.8. The summed E-state index contributed by atoms with van der Waals surface area (Å²) in [6, 6.07) is 0. The van der Waals surface area contributed by atoms with Gasteiger partial charge in [0.2, 0.25) is 0 Å². The van der Waals surface area contributed by atoms with Crippen molar-refractivity contribution in [3.05, 3.63) is 0 Å². The quantitative estimate of drug-likeness (QED) is 0.591. The van der Waals surface area contributed by atoms with Crippen LogP contribution in [0.15, 0.2) is 0 Å². The van der Waals surface area contributed by atoms with Crippen LogP contribution in [0.1, 0.15) is 41.5 Å². The first-order valence-electron chi connectivity index (χ1n) is 6.08. The number of hydrogen-bond donors (Lipinski definition) is 0.